The molecule has 0 saturated carbocycles. The zero-order chi connectivity index (χ0) is 31.5. The van der Waals surface area contributed by atoms with Crippen LogP contribution in [0.1, 0.15) is 0 Å². The number of phosphoric ester groups is 1. The quantitative estimate of drug-likeness (QED) is 0.116. The van der Waals surface area contributed by atoms with E-state index >= 15 is 0 Å². The number of aliphatic hydroxyl groups excluding tert-OH is 1. The minimum absolute atomic E-state index is 0.815. The topological polar surface area (TPSA) is 76.0 Å². The first kappa shape index (κ1) is 38.2. The van der Waals surface area contributed by atoms with E-state index in [1.165, 1.54) is 0 Å². The van der Waals surface area contributed by atoms with E-state index in [9.17, 15) is 79.2 Å². The highest BCUT2D eigenvalue weighted by Crippen LogP contribution is 2.58. The lowest BCUT2D eigenvalue weighted by Crippen LogP contribution is -2.68. The van der Waals surface area contributed by atoms with E-state index in [4.69, 9.17) is 21.6 Å². The van der Waals surface area contributed by atoms with Crippen LogP contribution in [-0.4, -0.2) is 102 Å². The van der Waals surface area contributed by atoms with Crippen LogP contribution in [0.15, 0.2) is 0 Å². The molecule has 5 nitrogen and oxygen atoms in total. The summed E-state index contributed by atoms with van der Waals surface area (Å²) in [5, 5.41) is 8.91. The maximum atomic E-state index is 13.8. The third-order valence-electron chi connectivity index (χ3n) is 4.43. The summed E-state index contributed by atoms with van der Waals surface area (Å²) in [6.45, 7) is -1.47. The molecule has 9 atom stereocenters. The fourth-order valence-corrected chi connectivity index (χ4v) is 3.08. The summed E-state index contributed by atoms with van der Waals surface area (Å²) < 4.78 is 245. The Morgan fingerprint density at radius 2 is 1.08 bits per heavy atom. The fourth-order valence-electron chi connectivity index (χ4n) is 2.20. The molecule has 236 valence electrons. The molecule has 0 heterocycles. The van der Waals surface area contributed by atoms with Crippen molar-refractivity contribution in [3.05, 3.63) is 0 Å². The molecule has 0 bridgehead atoms. The number of hydrogen-bond donors (Lipinski definition) is 2. The maximum absolute atomic E-state index is 13.8. The minimum atomic E-state index is -8.03. The molecule has 0 saturated heterocycles. The summed E-state index contributed by atoms with van der Waals surface area (Å²) in [5.74, 6) is -31.8. The Balaban J connectivity index is 6.03. The Labute approximate surface area is 210 Å². The van der Waals surface area contributed by atoms with Crippen LogP contribution in [0.25, 0.3) is 0 Å². The Morgan fingerprint density at radius 1 is 0.692 bits per heavy atom. The second-order valence-electron chi connectivity index (χ2n) is 7.35. The average molecular weight is 665 g/mol. The van der Waals surface area contributed by atoms with Crippen molar-refractivity contribution < 1.29 is 98.2 Å². The van der Waals surface area contributed by atoms with Gasteiger partial charge in [-0.05, 0) is 0 Å². The standard InChI is InChI=1S/C15H15ClF17O5P/c16-1-3(34)2-37-39(35,36)38-11(25)13(28,29)15(32,33)14(30,31)12(26,27)9(22)7(20)5(18)4(17)6(19)8(21)10(23)24/h3-11,34H,1-2H2,(H,35,36). The largest absolute Gasteiger partial charge is 0.475 e. The first-order valence-electron chi connectivity index (χ1n) is 9.42. The molecule has 0 aromatic carbocycles. The Morgan fingerprint density at radius 3 is 1.49 bits per heavy atom. The van der Waals surface area contributed by atoms with Crippen molar-refractivity contribution in [2.45, 2.75) is 79.6 Å². The number of phosphoric acid groups is 1. The van der Waals surface area contributed by atoms with E-state index in [2.05, 4.69) is 9.05 Å². The second kappa shape index (κ2) is 13.4. The van der Waals surface area contributed by atoms with Gasteiger partial charge in [-0.2, -0.15) is 35.1 Å². The zero-order valence-corrected chi connectivity index (χ0v) is 19.6. The van der Waals surface area contributed by atoms with E-state index in [-0.39, 0.29) is 0 Å². The van der Waals surface area contributed by atoms with E-state index < -0.39 is 99.9 Å². The molecule has 0 radical (unpaired) electrons. The molecule has 0 fully saturated rings. The smallest absolute Gasteiger partial charge is 0.389 e. The first-order valence-corrected chi connectivity index (χ1v) is 11.4. The summed E-state index contributed by atoms with van der Waals surface area (Å²) in [6.07, 6.45) is -41.3. The molecule has 0 spiro atoms. The van der Waals surface area contributed by atoms with Gasteiger partial charge in [0, 0.05) is 0 Å². The highest BCUT2D eigenvalue weighted by Gasteiger charge is 2.85. The molecule has 0 rings (SSSR count). The third-order valence-corrected chi connectivity index (χ3v) is 5.72. The van der Waals surface area contributed by atoms with Gasteiger partial charge >= 0.3 is 31.5 Å². The van der Waals surface area contributed by atoms with Gasteiger partial charge in [0.2, 0.25) is 6.17 Å². The van der Waals surface area contributed by atoms with Gasteiger partial charge in [-0.3, -0.25) is 4.52 Å². The van der Waals surface area contributed by atoms with Gasteiger partial charge in [0.15, 0.2) is 30.9 Å². The fraction of sp³-hybridized carbons (Fsp3) is 1.00. The molecule has 0 aromatic rings. The van der Waals surface area contributed by atoms with Gasteiger partial charge in [-0.15, -0.1) is 11.6 Å². The summed E-state index contributed by atoms with van der Waals surface area (Å²) in [5.41, 5.74) is 0. The van der Waals surface area contributed by atoms with Crippen molar-refractivity contribution in [3.8, 4) is 0 Å². The molecule has 0 aromatic heterocycles. The van der Waals surface area contributed by atoms with Crippen molar-refractivity contribution in [1.82, 2.24) is 0 Å². The molecular weight excluding hydrogens is 650 g/mol. The number of rotatable bonds is 17. The van der Waals surface area contributed by atoms with Gasteiger partial charge < -0.3 is 10.00 Å². The number of halogens is 18. The zero-order valence-electron chi connectivity index (χ0n) is 18.0. The lowest BCUT2D eigenvalue weighted by Gasteiger charge is -2.39. The molecule has 0 aliphatic carbocycles. The average Bonchev–Trinajstić information content (AvgIpc) is 2.83. The molecule has 0 aliphatic heterocycles. The summed E-state index contributed by atoms with van der Waals surface area (Å²) in [6, 6.07) is 0. The van der Waals surface area contributed by atoms with Crippen LogP contribution in [0.3, 0.4) is 0 Å². The van der Waals surface area contributed by atoms with Crippen LogP contribution >= 0.6 is 19.4 Å². The van der Waals surface area contributed by atoms with Gasteiger partial charge in [-0.1, -0.05) is 0 Å². The van der Waals surface area contributed by atoms with Gasteiger partial charge in [-0.25, -0.2) is 48.6 Å². The second-order valence-corrected chi connectivity index (χ2v) is 9.06. The van der Waals surface area contributed by atoms with Crippen LogP contribution in [-0.2, 0) is 13.6 Å². The SMILES string of the molecule is O=P(O)(OCC(O)CCl)OC(F)C(F)(F)C(F)(F)C(F)(F)C(F)(F)C(F)C(F)C(F)C(F)C(F)C(F)C(F)F. The number of alkyl halides is 18. The van der Waals surface area contributed by atoms with Crippen LogP contribution < -0.4 is 0 Å². The van der Waals surface area contributed by atoms with E-state index in [0.717, 1.165) is 0 Å². The number of hydrogen-bond acceptors (Lipinski definition) is 4. The van der Waals surface area contributed by atoms with Crippen LogP contribution in [0.2, 0.25) is 0 Å². The molecule has 2 N–H and O–H groups in total. The number of aliphatic hydroxyl groups is 1. The molecular formula is C15H15ClF17O5P. The molecule has 0 aliphatic rings. The third kappa shape index (κ3) is 8.14. The highest BCUT2D eigenvalue weighted by atomic mass is 35.5. The summed E-state index contributed by atoms with van der Waals surface area (Å²) >= 11 is 4.98. The van der Waals surface area contributed by atoms with E-state index in [1.54, 1.807) is 0 Å². The maximum Gasteiger partial charge on any atom is 0.475 e. The summed E-state index contributed by atoms with van der Waals surface area (Å²) in [7, 11) is -6.34. The van der Waals surface area contributed by atoms with E-state index in [0.29, 0.717) is 0 Å². The van der Waals surface area contributed by atoms with Crippen LogP contribution in [0.4, 0.5) is 74.6 Å². The van der Waals surface area contributed by atoms with Crippen molar-refractivity contribution in [2.75, 3.05) is 12.5 Å². The Kier molecular flexibility index (Phi) is 13.1. The predicted molar refractivity (Wildman–Crippen MR) is 93.7 cm³/mol. The van der Waals surface area contributed by atoms with Crippen LogP contribution in [0.5, 0.6) is 0 Å². The molecule has 0 amide bonds. The highest BCUT2D eigenvalue weighted by molar-refractivity contribution is 7.47. The van der Waals surface area contributed by atoms with Crippen molar-refractivity contribution in [3.63, 3.8) is 0 Å². The predicted octanol–water partition coefficient (Wildman–Crippen LogP) is 5.85. The van der Waals surface area contributed by atoms with Crippen LogP contribution in [0, 0.1) is 0 Å². The molecule has 24 heteroatoms. The summed E-state index contributed by atoms with van der Waals surface area (Å²) in [4.78, 5) is 8.93. The Bertz CT molecular complexity index is 825. The molecule has 9 unspecified atom stereocenters. The normalized spacial score (nSPS) is 22.0. The lowest BCUT2D eigenvalue weighted by atomic mass is 9.91. The Hall–Kier alpha value is -0.830. The first-order chi connectivity index (χ1) is 17.2. The van der Waals surface area contributed by atoms with Crippen molar-refractivity contribution in [2.24, 2.45) is 0 Å². The lowest BCUT2D eigenvalue weighted by molar-refractivity contribution is -0.397. The van der Waals surface area contributed by atoms with Gasteiger partial charge in [0.25, 0.3) is 12.8 Å². The van der Waals surface area contributed by atoms with E-state index in [1.807, 2.05) is 0 Å². The molecule has 39 heavy (non-hydrogen) atoms. The van der Waals surface area contributed by atoms with Gasteiger partial charge in [0.05, 0.1) is 18.6 Å². The van der Waals surface area contributed by atoms with Crippen molar-refractivity contribution in [1.29, 1.82) is 0 Å². The van der Waals surface area contributed by atoms with Crippen molar-refractivity contribution >= 4 is 19.4 Å². The van der Waals surface area contributed by atoms with Gasteiger partial charge in [0.1, 0.15) is 0 Å². The minimum Gasteiger partial charge on any atom is -0.389 e. The monoisotopic (exact) mass is 664 g/mol.